The number of likely N-dealkylation sites (N-methyl/N-ethyl adjacent to an activating group) is 1. The minimum atomic E-state index is 0.169. The van der Waals surface area contributed by atoms with E-state index in [0.717, 1.165) is 18.7 Å². The first-order valence-corrected chi connectivity index (χ1v) is 6.81. The molecule has 1 aliphatic heterocycles. The van der Waals surface area contributed by atoms with Gasteiger partial charge >= 0.3 is 0 Å². The van der Waals surface area contributed by atoms with E-state index in [1.54, 1.807) is 0 Å². The lowest BCUT2D eigenvalue weighted by atomic mass is 10.1. The molecule has 0 aromatic heterocycles. The highest BCUT2D eigenvalue weighted by Gasteiger charge is 2.29. The molecule has 4 nitrogen and oxygen atoms in total. The highest BCUT2D eigenvalue weighted by Crippen LogP contribution is 2.22. The van der Waals surface area contributed by atoms with Crippen molar-refractivity contribution in [3.05, 3.63) is 29.3 Å². The normalized spacial score (nSPS) is 20.0. The molecule has 1 heterocycles. The Labute approximate surface area is 115 Å². The van der Waals surface area contributed by atoms with Crippen LogP contribution in [-0.4, -0.2) is 43.5 Å². The number of nitrogens with two attached hydrogens (primary N) is 1. The molecular weight excluding hydrogens is 238 g/mol. The number of hydrogen-bond donors (Lipinski definition) is 1. The number of hydrogen-bond acceptors (Lipinski definition) is 3. The molecular formula is C15H23N3O. The van der Waals surface area contributed by atoms with Crippen molar-refractivity contribution in [1.82, 2.24) is 4.90 Å². The summed E-state index contributed by atoms with van der Waals surface area (Å²) in [4.78, 5) is 16.1. The van der Waals surface area contributed by atoms with Gasteiger partial charge in [-0.15, -0.1) is 0 Å². The van der Waals surface area contributed by atoms with Crippen molar-refractivity contribution in [3.8, 4) is 0 Å². The molecule has 0 bridgehead atoms. The number of carbonyl (C=O) groups is 1. The molecule has 4 heteroatoms. The molecule has 2 rings (SSSR count). The van der Waals surface area contributed by atoms with Crippen molar-refractivity contribution in [1.29, 1.82) is 0 Å². The second kappa shape index (κ2) is 5.61. The van der Waals surface area contributed by atoms with Gasteiger partial charge in [0.1, 0.15) is 0 Å². The molecule has 1 amide bonds. The molecule has 2 N–H and O–H groups in total. The lowest BCUT2D eigenvalue weighted by Gasteiger charge is -2.40. The summed E-state index contributed by atoms with van der Waals surface area (Å²) < 4.78 is 0. The summed E-state index contributed by atoms with van der Waals surface area (Å²) in [5.74, 6) is 0.169. The predicted molar refractivity (Wildman–Crippen MR) is 78.4 cm³/mol. The van der Waals surface area contributed by atoms with Crippen LogP contribution in [0, 0.1) is 13.8 Å². The maximum Gasteiger partial charge on any atom is 0.242 e. The van der Waals surface area contributed by atoms with Gasteiger partial charge in [0.25, 0.3) is 0 Å². The first-order chi connectivity index (χ1) is 9.02. The lowest BCUT2D eigenvalue weighted by molar-refractivity contribution is -0.132. The van der Waals surface area contributed by atoms with Gasteiger partial charge in [0.15, 0.2) is 0 Å². The first kappa shape index (κ1) is 13.9. The number of aryl methyl sites for hydroxylation is 2. The van der Waals surface area contributed by atoms with Crippen LogP contribution in [0.4, 0.5) is 5.69 Å². The molecule has 19 heavy (non-hydrogen) atoms. The molecule has 1 unspecified atom stereocenters. The summed E-state index contributed by atoms with van der Waals surface area (Å²) in [6.45, 7) is 6.14. The smallest absolute Gasteiger partial charge is 0.242 e. The molecule has 1 saturated heterocycles. The number of carbonyl (C=O) groups excluding carboxylic acids is 1. The van der Waals surface area contributed by atoms with Crippen LogP contribution in [0.15, 0.2) is 18.2 Å². The number of benzene rings is 1. The summed E-state index contributed by atoms with van der Waals surface area (Å²) in [5, 5.41) is 0. The summed E-state index contributed by atoms with van der Waals surface area (Å²) in [7, 11) is 1.88. The zero-order valence-electron chi connectivity index (χ0n) is 12.0. The molecule has 0 saturated carbocycles. The van der Waals surface area contributed by atoms with Gasteiger partial charge < -0.3 is 15.5 Å². The van der Waals surface area contributed by atoms with E-state index in [9.17, 15) is 4.79 Å². The number of nitrogens with zero attached hydrogens (tertiary/aromatic N) is 2. The van der Waals surface area contributed by atoms with Gasteiger partial charge in [0.2, 0.25) is 5.91 Å². The van der Waals surface area contributed by atoms with Crippen LogP contribution in [-0.2, 0) is 4.79 Å². The largest absolute Gasteiger partial charge is 0.360 e. The van der Waals surface area contributed by atoms with Crippen molar-refractivity contribution >= 4 is 11.6 Å². The zero-order chi connectivity index (χ0) is 14.0. The van der Waals surface area contributed by atoms with Crippen molar-refractivity contribution in [3.63, 3.8) is 0 Å². The van der Waals surface area contributed by atoms with Crippen LogP contribution in [0.1, 0.15) is 17.5 Å². The molecule has 1 fully saturated rings. The van der Waals surface area contributed by atoms with Gasteiger partial charge in [-0.25, -0.2) is 0 Å². The van der Waals surface area contributed by atoms with E-state index in [1.165, 1.54) is 11.1 Å². The van der Waals surface area contributed by atoms with Crippen molar-refractivity contribution in [2.24, 2.45) is 5.73 Å². The van der Waals surface area contributed by atoms with E-state index in [1.807, 2.05) is 11.9 Å². The molecule has 0 aliphatic carbocycles. The fourth-order valence-corrected chi connectivity index (χ4v) is 2.52. The number of rotatable bonds is 3. The second-order valence-corrected chi connectivity index (χ2v) is 5.38. The molecule has 1 aromatic carbocycles. The topological polar surface area (TPSA) is 49.6 Å². The van der Waals surface area contributed by atoms with E-state index in [0.29, 0.717) is 13.1 Å². The van der Waals surface area contributed by atoms with Gasteiger partial charge in [-0.1, -0.05) is 6.07 Å². The third-order valence-electron chi connectivity index (χ3n) is 4.05. The van der Waals surface area contributed by atoms with Gasteiger partial charge in [-0.3, -0.25) is 4.79 Å². The van der Waals surface area contributed by atoms with Gasteiger partial charge in [0.05, 0.1) is 12.6 Å². The summed E-state index contributed by atoms with van der Waals surface area (Å²) >= 11 is 0. The SMILES string of the molecule is Cc1ccc(N2CC(=O)N(C)C(CCN)C2)cc1C. The minimum absolute atomic E-state index is 0.169. The maximum absolute atomic E-state index is 12.1. The highest BCUT2D eigenvalue weighted by atomic mass is 16.2. The Kier molecular flexibility index (Phi) is 4.10. The van der Waals surface area contributed by atoms with E-state index in [-0.39, 0.29) is 11.9 Å². The van der Waals surface area contributed by atoms with Crippen LogP contribution < -0.4 is 10.6 Å². The standard InChI is InChI=1S/C15H23N3O/c1-11-4-5-13(8-12(11)2)18-9-14(6-7-16)17(3)15(19)10-18/h4-5,8,14H,6-7,9-10,16H2,1-3H3. The second-order valence-electron chi connectivity index (χ2n) is 5.38. The molecule has 0 spiro atoms. The van der Waals surface area contributed by atoms with Crippen LogP contribution in [0.3, 0.4) is 0 Å². The van der Waals surface area contributed by atoms with Crippen LogP contribution >= 0.6 is 0 Å². The third-order valence-corrected chi connectivity index (χ3v) is 4.05. The predicted octanol–water partition coefficient (Wildman–Crippen LogP) is 1.30. The first-order valence-electron chi connectivity index (χ1n) is 6.81. The van der Waals surface area contributed by atoms with E-state index < -0.39 is 0 Å². The van der Waals surface area contributed by atoms with E-state index >= 15 is 0 Å². The Hall–Kier alpha value is -1.55. The zero-order valence-corrected chi connectivity index (χ0v) is 12.0. The third kappa shape index (κ3) is 2.89. The maximum atomic E-state index is 12.1. The molecule has 1 aromatic rings. The van der Waals surface area contributed by atoms with Crippen LogP contribution in [0.25, 0.3) is 0 Å². The highest BCUT2D eigenvalue weighted by molar-refractivity contribution is 5.83. The fourth-order valence-electron chi connectivity index (χ4n) is 2.52. The van der Waals surface area contributed by atoms with Crippen molar-refractivity contribution in [2.45, 2.75) is 26.3 Å². The Morgan fingerprint density at radius 2 is 2.05 bits per heavy atom. The minimum Gasteiger partial charge on any atom is -0.360 e. The van der Waals surface area contributed by atoms with Gasteiger partial charge in [0, 0.05) is 19.3 Å². The Morgan fingerprint density at radius 1 is 1.32 bits per heavy atom. The van der Waals surface area contributed by atoms with Crippen molar-refractivity contribution < 1.29 is 4.79 Å². The fraction of sp³-hybridized carbons (Fsp3) is 0.533. The number of amides is 1. The lowest BCUT2D eigenvalue weighted by Crippen LogP contribution is -2.55. The Bertz CT molecular complexity index is 472. The average Bonchev–Trinajstić information content (AvgIpc) is 2.38. The van der Waals surface area contributed by atoms with Gasteiger partial charge in [-0.2, -0.15) is 0 Å². The van der Waals surface area contributed by atoms with E-state index in [2.05, 4.69) is 36.9 Å². The Morgan fingerprint density at radius 3 is 2.68 bits per heavy atom. The van der Waals surface area contributed by atoms with E-state index in [4.69, 9.17) is 5.73 Å². The molecule has 104 valence electrons. The summed E-state index contributed by atoms with van der Waals surface area (Å²) in [6, 6.07) is 6.59. The van der Waals surface area contributed by atoms with Gasteiger partial charge in [-0.05, 0) is 50.1 Å². The molecule has 0 radical (unpaired) electrons. The monoisotopic (exact) mass is 261 g/mol. The summed E-state index contributed by atoms with van der Waals surface area (Å²) in [6.07, 6.45) is 0.851. The molecule has 1 aliphatic rings. The average molecular weight is 261 g/mol. The Balaban J connectivity index is 2.20. The van der Waals surface area contributed by atoms with Crippen LogP contribution in [0.2, 0.25) is 0 Å². The summed E-state index contributed by atoms with van der Waals surface area (Å²) in [5.41, 5.74) is 9.31. The quantitative estimate of drug-likeness (QED) is 0.892. The molecule has 1 atom stereocenters. The van der Waals surface area contributed by atoms with Crippen LogP contribution in [0.5, 0.6) is 0 Å². The van der Waals surface area contributed by atoms with Crippen molar-refractivity contribution in [2.75, 3.05) is 31.6 Å². The number of piperazine rings is 1. The number of anilines is 1.